The lowest BCUT2D eigenvalue weighted by Gasteiger charge is -2.24. The number of methoxy groups -OCH3 is 1. The van der Waals surface area contributed by atoms with Gasteiger partial charge in [-0.05, 0) is 23.6 Å². The zero-order chi connectivity index (χ0) is 15.2. The number of rotatable bonds is 6. The van der Waals surface area contributed by atoms with Gasteiger partial charge in [-0.25, -0.2) is 0 Å². The van der Waals surface area contributed by atoms with Crippen LogP contribution in [0.1, 0.15) is 33.3 Å². The molecule has 0 heterocycles. The van der Waals surface area contributed by atoms with E-state index in [4.69, 9.17) is 10.5 Å². The van der Waals surface area contributed by atoms with Gasteiger partial charge < -0.3 is 15.8 Å². The van der Waals surface area contributed by atoms with Crippen LogP contribution in [0.2, 0.25) is 0 Å². The van der Waals surface area contributed by atoms with Crippen LogP contribution in [0.25, 0.3) is 0 Å². The van der Waals surface area contributed by atoms with Crippen LogP contribution in [0, 0.1) is 5.92 Å². The lowest BCUT2D eigenvalue weighted by Crippen LogP contribution is -2.35. The summed E-state index contributed by atoms with van der Waals surface area (Å²) in [5.41, 5.74) is 6.98. The van der Waals surface area contributed by atoms with Crippen molar-refractivity contribution in [1.29, 1.82) is 0 Å². The second kappa shape index (κ2) is 7.17. The molecule has 1 aromatic rings. The molecule has 0 fully saturated rings. The molecule has 0 saturated heterocycles. The van der Waals surface area contributed by atoms with E-state index in [2.05, 4.69) is 44.1 Å². The number of hydrogen-bond acceptors (Lipinski definition) is 2. The molecule has 1 rings (SSSR count). The highest BCUT2D eigenvalue weighted by Gasteiger charge is 2.20. The quantitative estimate of drug-likeness (QED) is 0.620. The largest absolute Gasteiger partial charge is 0.497 e. The number of nitrogens with two attached hydrogens (primary N) is 1. The Morgan fingerprint density at radius 2 is 2.10 bits per heavy atom. The molecule has 0 spiro atoms. The van der Waals surface area contributed by atoms with Gasteiger partial charge in [-0.2, -0.15) is 0 Å². The molecule has 20 heavy (non-hydrogen) atoms. The van der Waals surface area contributed by atoms with Crippen LogP contribution in [-0.2, 0) is 5.41 Å². The Morgan fingerprint density at radius 1 is 1.40 bits per heavy atom. The fourth-order valence-corrected chi connectivity index (χ4v) is 1.78. The average Bonchev–Trinajstić information content (AvgIpc) is 2.43. The van der Waals surface area contributed by atoms with Crippen molar-refractivity contribution in [3.63, 3.8) is 0 Å². The first-order valence-corrected chi connectivity index (χ1v) is 7.03. The topological polar surface area (TPSA) is 59.6 Å². The van der Waals surface area contributed by atoms with Crippen LogP contribution in [-0.4, -0.2) is 26.2 Å². The highest BCUT2D eigenvalue weighted by atomic mass is 16.5. The summed E-state index contributed by atoms with van der Waals surface area (Å²) in [4.78, 5) is 4.44. The minimum absolute atomic E-state index is 0.0847. The van der Waals surface area contributed by atoms with Gasteiger partial charge in [0.1, 0.15) is 5.75 Å². The number of aliphatic imine (C=N–C) groups is 1. The Bertz CT molecular complexity index is 453. The van der Waals surface area contributed by atoms with Crippen LogP contribution in [0.4, 0.5) is 0 Å². The van der Waals surface area contributed by atoms with Crippen molar-refractivity contribution in [2.24, 2.45) is 16.6 Å². The van der Waals surface area contributed by atoms with E-state index in [1.165, 1.54) is 5.56 Å². The predicted molar refractivity (Wildman–Crippen MR) is 85.4 cm³/mol. The summed E-state index contributed by atoms with van der Waals surface area (Å²) in [6.07, 6.45) is 0. The summed E-state index contributed by atoms with van der Waals surface area (Å²) in [5, 5.41) is 3.13. The minimum atomic E-state index is -0.0847. The molecule has 0 atom stereocenters. The molecule has 0 saturated carbocycles. The molecule has 4 heteroatoms. The molecule has 0 amide bonds. The summed E-state index contributed by atoms with van der Waals surface area (Å²) >= 11 is 0. The van der Waals surface area contributed by atoms with Crippen LogP contribution in [0.3, 0.4) is 0 Å². The smallest absolute Gasteiger partial charge is 0.188 e. The molecule has 0 unspecified atom stereocenters. The highest BCUT2D eigenvalue weighted by Crippen LogP contribution is 2.26. The van der Waals surface area contributed by atoms with Gasteiger partial charge in [-0.15, -0.1) is 0 Å². The molecule has 112 valence electrons. The molecule has 0 aromatic heterocycles. The SMILES string of the molecule is COc1cccc(C(C)(C)CN=C(N)NCC(C)C)c1. The highest BCUT2D eigenvalue weighted by molar-refractivity contribution is 5.77. The van der Waals surface area contributed by atoms with Crippen LogP contribution < -0.4 is 15.8 Å². The number of nitrogens with zero attached hydrogens (tertiary/aromatic N) is 1. The zero-order valence-electron chi connectivity index (χ0n) is 13.2. The Hall–Kier alpha value is -1.71. The van der Waals surface area contributed by atoms with E-state index < -0.39 is 0 Å². The normalized spacial score (nSPS) is 12.6. The van der Waals surface area contributed by atoms with Gasteiger partial charge in [0.05, 0.1) is 13.7 Å². The number of guanidine groups is 1. The first kappa shape index (κ1) is 16.3. The first-order valence-electron chi connectivity index (χ1n) is 7.03. The van der Waals surface area contributed by atoms with Gasteiger partial charge >= 0.3 is 0 Å². The number of ether oxygens (including phenoxy) is 1. The Balaban J connectivity index is 2.70. The van der Waals surface area contributed by atoms with Gasteiger partial charge in [0, 0.05) is 12.0 Å². The lowest BCUT2D eigenvalue weighted by atomic mass is 9.85. The van der Waals surface area contributed by atoms with Gasteiger partial charge in [0.2, 0.25) is 0 Å². The monoisotopic (exact) mass is 277 g/mol. The minimum Gasteiger partial charge on any atom is -0.497 e. The number of benzene rings is 1. The number of hydrogen-bond donors (Lipinski definition) is 2. The molecule has 0 radical (unpaired) electrons. The van der Waals surface area contributed by atoms with Crippen molar-refractivity contribution in [3.05, 3.63) is 29.8 Å². The van der Waals surface area contributed by atoms with Gasteiger partial charge in [0.15, 0.2) is 5.96 Å². The molecular formula is C16H27N3O. The van der Waals surface area contributed by atoms with E-state index in [1.807, 2.05) is 18.2 Å². The van der Waals surface area contributed by atoms with Gasteiger partial charge in [-0.3, -0.25) is 4.99 Å². The average molecular weight is 277 g/mol. The first-order chi connectivity index (χ1) is 9.35. The summed E-state index contributed by atoms with van der Waals surface area (Å²) < 4.78 is 5.27. The van der Waals surface area contributed by atoms with Crippen molar-refractivity contribution in [2.45, 2.75) is 33.1 Å². The van der Waals surface area contributed by atoms with Crippen molar-refractivity contribution >= 4 is 5.96 Å². The van der Waals surface area contributed by atoms with Crippen molar-refractivity contribution in [2.75, 3.05) is 20.2 Å². The summed E-state index contributed by atoms with van der Waals surface area (Å²) in [7, 11) is 1.68. The third-order valence-electron chi connectivity index (χ3n) is 3.19. The molecule has 0 aliphatic rings. The standard InChI is InChI=1S/C16H27N3O/c1-12(2)10-18-15(17)19-11-16(3,4)13-7-6-8-14(9-13)20-5/h6-9,12H,10-11H2,1-5H3,(H3,17,18,19). The van der Waals surface area contributed by atoms with E-state index in [0.29, 0.717) is 18.4 Å². The molecule has 0 bridgehead atoms. The Kier molecular flexibility index (Phi) is 5.86. The fourth-order valence-electron chi connectivity index (χ4n) is 1.78. The lowest BCUT2D eigenvalue weighted by molar-refractivity contribution is 0.412. The molecular weight excluding hydrogens is 250 g/mol. The molecule has 0 aliphatic carbocycles. The predicted octanol–water partition coefficient (Wildman–Crippen LogP) is 2.53. The van der Waals surface area contributed by atoms with Crippen molar-refractivity contribution in [3.8, 4) is 5.75 Å². The Labute approximate surface area is 122 Å². The maximum atomic E-state index is 5.88. The zero-order valence-corrected chi connectivity index (χ0v) is 13.2. The van der Waals surface area contributed by atoms with Gasteiger partial charge in [-0.1, -0.05) is 39.8 Å². The third kappa shape index (κ3) is 5.11. The summed E-state index contributed by atoms with van der Waals surface area (Å²) in [5.74, 6) is 1.93. The van der Waals surface area contributed by atoms with E-state index in [1.54, 1.807) is 7.11 Å². The third-order valence-corrected chi connectivity index (χ3v) is 3.19. The maximum absolute atomic E-state index is 5.88. The summed E-state index contributed by atoms with van der Waals surface area (Å²) in [6, 6.07) is 8.09. The maximum Gasteiger partial charge on any atom is 0.188 e. The second-order valence-corrected chi connectivity index (χ2v) is 6.09. The van der Waals surface area contributed by atoms with E-state index in [0.717, 1.165) is 12.3 Å². The Morgan fingerprint density at radius 3 is 2.70 bits per heavy atom. The molecule has 0 aliphatic heterocycles. The van der Waals surface area contributed by atoms with Crippen molar-refractivity contribution in [1.82, 2.24) is 5.32 Å². The molecule has 3 N–H and O–H groups in total. The number of nitrogens with one attached hydrogen (secondary N) is 1. The fraction of sp³-hybridized carbons (Fsp3) is 0.562. The van der Waals surface area contributed by atoms with Gasteiger partial charge in [0.25, 0.3) is 0 Å². The van der Waals surface area contributed by atoms with Crippen LogP contribution >= 0.6 is 0 Å². The van der Waals surface area contributed by atoms with E-state index >= 15 is 0 Å². The molecule has 1 aromatic carbocycles. The van der Waals surface area contributed by atoms with E-state index in [9.17, 15) is 0 Å². The second-order valence-electron chi connectivity index (χ2n) is 6.09. The van der Waals surface area contributed by atoms with Crippen molar-refractivity contribution < 1.29 is 4.74 Å². The van der Waals surface area contributed by atoms with Crippen LogP contribution in [0.5, 0.6) is 5.75 Å². The van der Waals surface area contributed by atoms with E-state index in [-0.39, 0.29) is 5.41 Å². The van der Waals surface area contributed by atoms with Crippen LogP contribution in [0.15, 0.2) is 29.3 Å². The molecule has 4 nitrogen and oxygen atoms in total. The summed E-state index contributed by atoms with van der Waals surface area (Å²) in [6.45, 7) is 10.1.